The topological polar surface area (TPSA) is 9.23 Å². The minimum absolute atomic E-state index is 0.271. The van der Waals surface area contributed by atoms with Crippen LogP contribution in [0.4, 0.5) is 26.3 Å². The molecular weight excluding hydrogens is 310 g/mol. The van der Waals surface area contributed by atoms with Crippen molar-refractivity contribution in [1.29, 1.82) is 0 Å². The summed E-state index contributed by atoms with van der Waals surface area (Å²) >= 11 is 0. The Hall–Kier alpha value is -2.18. The molecule has 0 N–H and O–H groups in total. The standard InChI is InChI=1S/C15H10F6O/c16-14(17,18)11-6-7-13(15(19,20)21)10(8-11)9-22-12-4-2-1-3-5-12/h1-8H,9H2. The molecule has 0 aliphatic carbocycles. The fourth-order valence-electron chi connectivity index (χ4n) is 1.84. The second-order valence-corrected chi connectivity index (χ2v) is 4.47. The van der Waals surface area contributed by atoms with Crippen LogP contribution in [0, 0.1) is 0 Å². The van der Waals surface area contributed by atoms with Crippen molar-refractivity contribution in [1.82, 2.24) is 0 Å². The van der Waals surface area contributed by atoms with Crippen LogP contribution in [0.1, 0.15) is 16.7 Å². The summed E-state index contributed by atoms with van der Waals surface area (Å²) in [5.41, 5.74) is -2.85. The summed E-state index contributed by atoms with van der Waals surface area (Å²) in [6.07, 6.45) is -9.47. The first-order chi connectivity index (χ1) is 10.2. The summed E-state index contributed by atoms with van der Waals surface area (Å²) in [6.45, 7) is -0.608. The van der Waals surface area contributed by atoms with Crippen LogP contribution < -0.4 is 4.74 Å². The van der Waals surface area contributed by atoms with E-state index >= 15 is 0 Å². The van der Waals surface area contributed by atoms with Gasteiger partial charge in [0.15, 0.2) is 0 Å². The second kappa shape index (κ2) is 5.90. The first kappa shape index (κ1) is 16.2. The van der Waals surface area contributed by atoms with Crippen molar-refractivity contribution in [3.8, 4) is 5.75 Å². The monoisotopic (exact) mass is 320 g/mol. The Kier molecular flexibility index (Phi) is 4.35. The van der Waals surface area contributed by atoms with Gasteiger partial charge in [0.25, 0.3) is 0 Å². The van der Waals surface area contributed by atoms with E-state index in [2.05, 4.69) is 0 Å². The number of ether oxygens (including phenoxy) is 1. The van der Waals surface area contributed by atoms with E-state index < -0.39 is 35.6 Å². The van der Waals surface area contributed by atoms with E-state index in [1.54, 1.807) is 18.2 Å². The number of hydrogen-bond acceptors (Lipinski definition) is 1. The molecule has 22 heavy (non-hydrogen) atoms. The van der Waals surface area contributed by atoms with Gasteiger partial charge < -0.3 is 4.74 Å². The lowest BCUT2D eigenvalue weighted by atomic mass is 10.0. The lowest BCUT2D eigenvalue weighted by molar-refractivity contribution is -0.142. The van der Waals surface area contributed by atoms with E-state index in [9.17, 15) is 26.3 Å². The molecule has 7 heteroatoms. The fourth-order valence-corrected chi connectivity index (χ4v) is 1.84. The van der Waals surface area contributed by atoms with Gasteiger partial charge in [0.05, 0.1) is 11.1 Å². The molecule has 118 valence electrons. The molecule has 0 heterocycles. The van der Waals surface area contributed by atoms with Gasteiger partial charge in [0.2, 0.25) is 0 Å². The third-order valence-electron chi connectivity index (χ3n) is 2.88. The quantitative estimate of drug-likeness (QED) is 0.697. The summed E-state index contributed by atoms with van der Waals surface area (Å²) < 4.78 is 81.6. The zero-order valence-electron chi connectivity index (χ0n) is 11.0. The van der Waals surface area contributed by atoms with E-state index in [0.717, 1.165) is 0 Å². The zero-order chi connectivity index (χ0) is 16.4. The predicted molar refractivity (Wildman–Crippen MR) is 67.2 cm³/mol. The molecule has 0 aliphatic rings. The summed E-state index contributed by atoms with van der Waals surface area (Å²) in [5.74, 6) is 0.271. The van der Waals surface area contributed by atoms with Crippen molar-refractivity contribution >= 4 is 0 Å². The maximum atomic E-state index is 12.9. The lowest BCUT2D eigenvalue weighted by Crippen LogP contribution is -2.14. The Morgan fingerprint density at radius 3 is 1.95 bits per heavy atom. The maximum absolute atomic E-state index is 12.9. The minimum atomic E-state index is -4.75. The molecule has 0 spiro atoms. The molecule has 0 unspecified atom stereocenters. The molecule has 2 rings (SSSR count). The van der Waals surface area contributed by atoms with Crippen LogP contribution in [0.2, 0.25) is 0 Å². The number of alkyl halides is 6. The van der Waals surface area contributed by atoms with E-state index in [1.807, 2.05) is 0 Å². The van der Waals surface area contributed by atoms with Crippen molar-refractivity contribution in [2.45, 2.75) is 19.0 Å². The van der Waals surface area contributed by atoms with Crippen LogP contribution in [0.3, 0.4) is 0 Å². The predicted octanol–water partition coefficient (Wildman–Crippen LogP) is 5.30. The van der Waals surface area contributed by atoms with Crippen molar-refractivity contribution in [3.63, 3.8) is 0 Å². The van der Waals surface area contributed by atoms with E-state index in [4.69, 9.17) is 4.74 Å². The normalized spacial score (nSPS) is 12.3. The van der Waals surface area contributed by atoms with Crippen molar-refractivity contribution < 1.29 is 31.1 Å². The van der Waals surface area contributed by atoms with Gasteiger partial charge in [-0.15, -0.1) is 0 Å². The summed E-state index contributed by atoms with van der Waals surface area (Å²) in [4.78, 5) is 0. The molecule has 0 aliphatic heterocycles. The van der Waals surface area contributed by atoms with Crippen molar-refractivity contribution in [2.75, 3.05) is 0 Å². The van der Waals surface area contributed by atoms with Crippen molar-refractivity contribution in [3.05, 3.63) is 65.2 Å². The van der Waals surface area contributed by atoms with Gasteiger partial charge >= 0.3 is 12.4 Å². The van der Waals surface area contributed by atoms with Crippen LogP contribution in [0.5, 0.6) is 5.75 Å². The van der Waals surface area contributed by atoms with Crippen LogP contribution >= 0.6 is 0 Å². The first-order valence-electron chi connectivity index (χ1n) is 6.13. The maximum Gasteiger partial charge on any atom is 0.416 e. The fraction of sp³-hybridized carbons (Fsp3) is 0.200. The van der Waals surface area contributed by atoms with Gasteiger partial charge in [-0.3, -0.25) is 0 Å². The molecule has 0 saturated carbocycles. The highest BCUT2D eigenvalue weighted by atomic mass is 19.4. The number of rotatable bonds is 3. The van der Waals surface area contributed by atoms with Gasteiger partial charge in [-0.05, 0) is 30.3 Å². The van der Waals surface area contributed by atoms with E-state index in [1.165, 1.54) is 12.1 Å². The summed E-state index contributed by atoms with van der Waals surface area (Å²) in [7, 11) is 0. The van der Waals surface area contributed by atoms with Gasteiger partial charge in [0.1, 0.15) is 12.4 Å². The minimum Gasteiger partial charge on any atom is -0.489 e. The van der Waals surface area contributed by atoms with E-state index in [0.29, 0.717) is 18.2 Å². The van der Waals surface area contributed by atoms with Crippen molar-refractivity contribution in [2.24, 2.45) is 0 Å². The molecule has 2 aromatic rings. The smallest absolute Gasteiger partial charge is 0.416 e. The number of hydrogen-bond donors (Lipinski definition) is 0. The molecule has 0 amide bonds. The molecule has 0 radical (unpaired) electrons. The molecule has 0 fully saturated rings. The molecular formula is C15H10F6O. The Balaban J connectivity index is 2.33. The molecule has 0 aromatic heterocycles. The lowest BCUT2D eigenvalue weighted by Gasteiger charge is -2.16. The number of para-hydroxylation sites is 1. The number of benzene rings is 2. The molecule has 0 bridgehead atoms. The second-order valence-electron chi connectivity index (χ2n) is 4.47. The van der Waals surface area contributed by atoms with Gasteiger partial charge in [-0.2, -0.15) is 26.3 Å². The molecule has 1 nitrogen and oxygen atoms in total. The highest BCUT2D eigenvalue weighted by molar-refractivity contribution is 5.35. The Bertz CT molecular complexity index is 631. The molecule has 0 atom stereocenters. The highest BCUT2D eigenvalue weighted by Crippen LogP contribution is 2.36. The van der Waals surface area contributed by atoms with Crippen LogP contribution in [0.15, 0.2) is 48.5 Å². The van der Waals surface area contributed by atoms with Gasteiger partial charge in [-0.1, -0.05) is 18.2 Å². The average molecular weight is 320 g/mol. The highest BCUT2D eigenvalue weighted by Gasteiger charge is 2.37. The Morgan fingerprint density at radius 1 is 0.773 bits per heavy atom. The molecule has 0 saturated heterocycles. The van der Waals surface area contributed by atoms with Gasteiger partial charge in [-0.25, -0.2) is 0 Å². The third kappa shape index (κ3) is 3.93. The van der Waals surface area contributed by atoms with Crippen LogP contribution in [-0.4, -0.2) is 0 Å². The number of halogens is 6. The summed E-state index contributed by atoms with van der Waals surface area (Å²) in [6, 6.07) is 9.19. The Labute approximate surface area is 122 Å². The third-order valence-corrected chi connectivity index (χ3v) is 2.88. The average Bonchev–Trinajstić information content (AvgIpc) is 2.44. The summed E-state index contributed by atoms with van der Waals surface area (Å²) in [5, 5.41) is 0. The van der Waals surface area contributed by atoms with Crippen LogP contribution in [-0.2, 0) is 19.0 Å². The van der Waals surface area contributed by atoms with Crippen LogP contribution in [0.25, 0.3) is 0 Å². The Morgan fingerprint density at radius 2 is 1.41 bits per heavy atom. The van der Waals surface area contributed by atoms with E-state index in [-0.39, 0.29) is 5.75 Å². The zero-order valence-corrected chi connectivity index (χ0v) is 11.0. The molecule has 2 aromatic carbocycles. The van der Waals surface area contributed by atoms with Gasteiger partial charge in [0, 0.05) is 5.56 Å². The first-order valence-corrected chi connectivity index (χ1v) is 6.13. The largest absolute Gasteiger partial charge is 0.489 e. The SMILES string of the molecule is FC(F)(F)c1ccc(C(F)(F)F)c(COc2ccccc2)c1.